The van der Waals surface area contributed by atoms with Crippen LogP contribution in [0, 0.1) is 11.8 Å². The molecular weight excluding hydrogens is 481 g/mol. The van der Waals surface area contributed by atoms with Crippen LogP contribution in [0.1, 0.15) is 31.9 Å². The molecule has 2 atom stereocenters. The number of carbonyl (C=O) groups is 2. The Kier molecular flexibility index (Phi) is 10.4. The number of guanidine groups is 1. The van der Waals surface area contributed by atoms with Crippen molar-refractivity contribution in [3.63, 3.8) is 0 Å². The van der Waals surface area contributed by atoms with Crippen molar-refractivity contribution < 1.29 is 9.59 Å². The minimum Gasteiger partial charge on any atom is -0.356 e. The van der Waals surface area contributed by atoms with Gasteiger partial charge in [0, 0.05) is 46.6 Å². The highest BCUT2D eigenvalue weighted by Gasteiger charge is 2.38. The minimum absolute atomic E-state index is 0. The molecule has 2 rings (SSSR count). The second kappa shape index (κ2) is 12.0. The Morgan fingerprint density at radius 3 is 2.48 bits per heavy atom. The van der Waals surface area contributed by atoms with Crippen LogP contribution < -0.4 is 10.6 Å². The van der Waals surface area contributed by atoms with Crippen molar-refractivity contribution in [2.75, 3.05) is 40.8 Å². The lowest BCUT2D eigenvalue weighted by Gasteiger charge is -2.26. The fraction of sp³-hybridized carbons (Fsp3) is 0.571. The number of benzene rings is 1. The average molecular weight is 515 g/mol. The number of rotatable bonds is 7. The summed E-state index contributed by atoms with van der Waals surface area (Å²) < 4.78 is 0. The summed E-state index contributed by atoms with van der Waals surface area (Å²) in [5.74, 6) is 1.29. The Balaban J connectivity index is 0.00000420. The lowest BCUT2D eigenvalue weighted by Crippen LogP contribution is -2.42. The van der Waals surface area contributed by atoms with Crippen LogP contribution in [0.4, 0.5) is 0 Å². The maximum atomic E-state index is 12.3. The third kappa shape index (κ3) is 7.49. The predicted octanol–water partition coefficient (Wildman–Crippen LogP) is 2.10. The molecule has 1 saturated heterocycles. The van der Waals surface area contributed by atoms with Gasteiger partial charge < -0.3 is 20.4 Å². The third-order valence-corrected chi connectivity index (χ3v) is 4.92. The molecule has 0 radical (unpaired) electrons. The molecule has 8 heteroatoms. The molecule has 0 aliphatic carbocycles. The molecule has 1 aliphatic heterocycles. The summed E-state index contributed by atoms with van der Waals surface area (Å²) in [7, 11) is 5.30. The Hall–Kier alpha value is -1.84. The molecule has 2 N–H and O–H groups in total. The van der Waals surface area contributed by atoms with Crippen LogP contribution in [0.15, 0.2) is 35.3 Å². The van der Waals surface area contributed by atoms with Crippen molar-refractivity contribution in [2.24, 2.45) is 16.8 Å². The second-order valence-electron chi connectivity index (χ2n) is 7.93. The lowest BCUT2D eigenvalue weighted by molar-refractivity contribution is -0.128. The quantitative estimate of drug-likeness (QED) is 0.332. The molecule has 0 bridgehead atoms. The van der Waals surface area contributed by atoms with E-state index >= 15 is 0 Å². The fourth-order valence-corrected chi connectivity index (χ4v) is 3.27. The molecule has 1 heterocycles. The van der Waals surface area contributed by atoms with Gasteiger partial charge in [0.2, 0.25) is 11.8 Å². The van der Waals surface area contributed by atoms with Crippen LogP contribution in [0.2, 0.25) is 0 Å². The van der Waals surface area contributed by atoms with Crippen molar-refractivity contribution in [3.8, 4) is 0 Å². The molecule has 0 saturated carbocycles. The smallest absolute Gasteiger partial charge is 0.243 e. The minimum atomic E-state index is -0.0522. The maximum absolute atomic E-state index is 12.3. The Labute approximate surface area is 191 Å². The molecular formula is C21H34IN5O2. The first-order valence-corrected chi connectivity index (χ1v) is 9.82. The average Bonchev–Trinajstić information content (AvgIpc) is 2.95. The molecule has 7 nitrogen and oxygen atoms in total. The fourth-order valence-electron chi connectivity index (χ4n) is 3.27. The molecule has 162 valence electrons. The summed E-state index contributed by atoms with van der Waals surface area (Å²) in [6.07, 6.45) is 0.497. The van der Waals surface area contributed by atoms with E-state index in [0.29, 0.717) is 24.8 Å². The highest BCUT2D eigenvalue weighted by molar-refractivity contribution is 14.0. The molecule has 2 amide bonds. The second-order valence-corrected chi connectivity index (χ2v) is 7.93. The Morgan fingerprint density at radius 1 is 1.24 bits per heavy atom. The van der Waals surface area contributed by atoms with Gasteiger partial charge in [0.15, 0.2) is 5.96 Å². The van der Waals surface area contributed by atoms with E-state index in [1.54, 1.807) is 14.1 Å². The molecule has 1 aliphatic rings. The molecule has 2 unspecified atom stereocenters. The zero-order valence-electron chi connectivity index (χ0n) is 18.0. The van der Waals surface area contributed by atoms with Crippen LogP contribution in [-0.2, 0) is 9.59 Å². The van der Waals surface area contributed by atoms with Gasteiger partial charge in [0.25, 0.3) is 0 Å². The van der Waals surface area contributed by atoms with Crippen molar-refractivity contribution in [2.45, 2.75) is 26.3 Å². The summed E-state index contributed by atoms with van der Waals surface area (Å²) in [6.45, 7) is 5.69. The molecule has 29 heavy (non-hydrogen) atoms. The molecule has 0 spiro atoms. The van der Waals surface area contributed by atoms with Gasteiger partial charge >= 0.3 is 0 Å². The molecule has 1 aromatic carbocycles. The van der Waals surface area contributed by atoms with E-state index < -0.39 is 0 Å². The SMILES string of the molecule is CC(C)CNC(=NCC(=O)N(C)C)NCC1CC(=O)N(C)C1c1ccccc1.I. The normalized spacial score (nSPS) is 19.2. The van der Waals surface area contributed by atoms with Gasteiger partial charge in [-0.2, -0.15) is 0 Å². The molecule has 1 aromatic rings. The first kappa shape index (κ1) is 25.2. The first-order chi connectivity index (χ1) is 13.3. The van der Waals surface area contributed by atoms with Gasteiger partial charge in [0.1, 0.15) is 6.54 Å². The van der Waals surface area contributed by atoms with E-state index in [9.17, 15) is 9.59 Å². The largest absolute Gasteiger partial charge is 0.356 e. The number of aliphatic imine (C=N–C) groups is 1. The van der Waals surface area contributed by atoms with Gasteiger partial charge in [0.05, 0.1) is 6.04 Å². The standard InChI is InChI=1S/C21H33N5O2.HI/c1-15(2)12-22-21(24-14-19(28)25(3)4)23-13-17-11-18(27)26(5)20(17)16-9-7-6-8-10-16;/h6-10,15,17,20H,11-14H2,1-5H3,(H2,22,23,24);1H. The van der Waals surface area contributed by atoms with E-state index in [1.807, 2.05) is 30.1 Å². The van der Waals surface area contributed by atoms with Crippen LogP contribution >= 0.6 is 24.0 Å². The number of halogens is 1. The Morgan fingerprint density at radius 2 is 1.90 bits per heavy atom. The van der Waals surface area contributed by atoms with Crippen LogP contribution in [0.3, 0.4) is 0 Å². The number of nitrogens with zero attached hydrogens (tertiary/aromatic N) is 3. The van der Waals surface area contributed by atoms with Crippen LogP contribution in [0.25, 0.3) is 0 Å². The van der Waals surface area contributed by atoms with E-state index in [1.165, 1.54) is 4.90 Å². The van der Waals surface area contributed by atoms with Gasteiger partial charge in [-0.15, -0.1) is 24.0 Å². The van der Waals surface area contributed by atoms with Crippen molar-refractivity contribution >= 4 is 41.8 Å². The summed E-state index contributed by atoms with van der Waals surface area (Å²) >= 11 is 0. The predicted molar refractivity (Wildman–Crippen MR) is 127 cm³/mol. The number of amides is 2. The van der Waals surface area contributed by atoms with E-state index in [-0.39, 0.29) is 54.3 Å². The third-order valence-electron chi connectivity index (χ3n) is 4.92. The zero-order chi connectivity index (χ0) is 20.7. The number of likely N-dealkylation sites (tertiary alicyclic amines) is 1. The highest BCUT2D eigenvalue weighted by atomic mass is 127. The van der Waals surface area contributed by atoms with E-state index in [0.717, 1.165) is 12.1 Å². The number of hydrogen-bond acceptors (Lipinski definition) is 3. The first-order valence-electron chi connectivity index (χ1n) is 9.82. The van der Waals surface area contributed by atoms with Gasteiger partial charge in [-0.25, -0.2) is 4.99 Å². The van der Waals surface area contributed by atoms with Crippen LogP contribution in [0.5, 0.6) is 0 Å². The number of likely N-dealkylation sites (N-methyl/N-ethyl adjacent to an activating group) is 1. The van der Waals surface area contributed by atoms with Crippen LogP contribution in [-0.4, -0.2) is 68.4 Å². The molecule has 0 aromatic heterocycles. The summed E-state index contributed by atoms with van der Waals surface area (Å²) in [4.78, 5) is 32.0. The van der Waals surface area contributed by atoms with Crippen molar-refractivity contribution in [3.05, 3.63) is 35.9 Å². The lowest BCUT2D eigenvalue weighted by atomic mass is 9.94. The van der Waals surface area contributed by atoms with Gasteiger partial charge in [-0.1, -0.05) is 44.2 Å². The summed E-state index contributed by atoms with van der Waals surface area (Å²) in [6, 6.07) is 10.1. The molecule has 1 fully saturated rings. The Bertz CT molecular complexity index is 694. The maximum Gasteiger partial charge on any atom is 0.243 e. The zero-order valence-corrected chi connectivity index (χ0v) is 20.3. The van der Waals surface area contributed by atoms with Crippen molar-refractivity contribution in [1.29, 1.82) is 0 Å². The van der Waals surface area contributed by atoms with Crippen molar-refractivity contribution in [1.82, 2.24) is 20.4 Å². The summed E-state index contributed by atoms with van der Waals surface area (Å²) in [5, 5.41) is 6.63. The van der Waals surface area contributed by atoms with Gasteiger partial charge in [-0.3, -0.25) is 9.59 Å². The number of nitrogens with one attached hydrogen (secondary N) is 2. The monoisotopic (exact) mass is 515 g/mol. The van der Waals surface area contributed by atoms with Gasteiger partial charge in [-0.05, 0) is 11.5 Å². The van der Waals surface area contributed by atoms with E-state index in [2.05, 4.69) is 41.6 Å². The topological polar surface area (TPSA) is 77.0 Å². The number of carbonyl (C=O) groups excluding carboxylic acids is 2. The highest BCUT2D eigenvalue weighted by Crippen LogP contribution is 2.36. The van der Waals surface area contributed by atoms with E-state index in [4.69, 9.17) is 0 Å². The number of hydrogen-bond donors (Lipinski definition) is 2. The summed E-state index contributed by atoms with van der Waals surface area (Å²) in [5.41, 5.74) is 1.14.